The van der Waals surface area contributed by atoms with Gasteiger partial charge in [0.05, 0.1) is 29.8 Å². The SMILES string of the molecule is Cc1cc(C(=O)C2C(=O)CCCC2[O-])c(C)c2c1S(=O)(=O)CCC21OCCO1. The van der Waals surface area contributed by atoms with Gasteiger partial charge < -0.3 is 14.6 Å². The van der Waals surface area contributed by atoms with Crippen molar-refractivity contribution in [1.82, 2.24) is 0 Å². The average Bonchev–Trinajstić information content (AvgIpc) is 3.09. The standard InChI is InChI=1S/C20H23O7S/c1-11-10-13(18(23)16-14(21)4-3-5-15(16)22)12(2)17-19(11)28(24,25)9-6-20(17)26-7-8-27-20/h10,14,16H,3-9H2,1-2H3/q-1. The quantitative estimate of drug-likeness (QED) is 0.530. The molecule has 0 N–H and O–H groups in total. The minimum Gasteiger partial charge on any atom is -0.851 e. The van der Waals surface area contributed by atoms with Crippen molar-refractivity contribution in [2.24, 2.45) is 5.92 Å². The first-order valence-corrected chi connectivity index (χ1v) is 11.2. The molecular formula is C20H23O7S-. The Labute approximate surface area is 163 Å². The average molecular weight is 407 g/mol. The van der Waals surface area contributed by atoms with Crippen LogP contribution in [-0.2, 0) is 29.9 Å². The number of hydrogen-bond donors (Lipinski definition) is 0. The zero-order valence-electron chi connectivity index (χ0n) is 15.9. The predicted octanol–water partition coefficient (Wildman–Crippen LogP) is 0.961. The highest BCUT2D eigenvalue weighted by Crippen LogP contribution is 2.47. The lowest BCUT2D eigenvalue weighted by Crippen LogP contribution is -2.46. The molecule has 1 aliphatic carbocycles. The Bertz CT molecular complexity index is 957. The van der Waals surface area contributed by atoms with Crippen molar-refractivity contribution in [3.05, 3.63) is 28.3 Å². The number of aryl methyl sites for hydroxylation is 1. The molecule has 1 spiro atoms. The number of carbonyl (C=O) groups excluding carboxylic acids is 2. The Morgan fingerprint density at radius 1 is 1.25 bits per heavy atom. The van der Waals surface area contributed by atoms with Gasteiger partial charge in [-0.3, -0.25) is 9.59 Å². The van der Waals surface area contributed by atoms with Gasteiger partial charge in [-0.2, -0.15) is 0 Å². The summed E-state index contributed by atoms with van der Waals surface area (Å²) in [5.41, 5.74) is 1.40. The van der Waals surface area contributed by atoms with Gasteiger partial charge >= 0.3 is 0 Å². The smallest absolute Gasteiger partial charge is 0.197 e. The molecule has 7 nitrogen and oxygen atoms in total. The van der Waals surface area contributed by atoms with Crippen LogP contribution in [0.5, 0.6) is 0 Å². The molecule has 1 saturated heterocycles. The van der Waals surface area contributed by atoms with Gasteiger partial charge in [-0.25, -0.2) is 8.42 Å². The van der Waals surface area contributed by atoms with Gasteiger partial charge in [-0.05, 0) is 37.5 Å². The Kier molecular flexibility index (Phi) is 4.73. The summed E-state index contributed by atoms with van der Waals surface area (Å²) < 4.78 is 37.2. The lowest BCUT2D eigenvalue weighted by atomic mass is 9.78. The number of carbonyl (C=O) groups is 2. The molecule has 2 unspecified atom stereocenters. The van der Waals surface area contributed by atoms with Gasteiger partial charge in [-0.1, -0.05) is 6.42 Å². The molecule has 3 aliphatic rings. The number of rotatable bonds is 2. The van der Waals surface area contributed by atoms with Gasteiger partial charge in [0, 0.05) is 24.0 Å². The first-order valence-electron chi connectivity index (χ1n) is 9.56. The van der Waals surface area contributed by atoms with Gasteiger partial charge in [0.25, 0.3) is 0 Å². The monoisotopic (exact) mass is 407 g/mol. The van der Waals surface area contributed by atoms with Crippen molar-refractivity contribution in [2.45, 2.75) is 56.3 Å². The summed E-state index contributed by atoms with van der Waals surface area (Å²) in [5, 5.41) is 12.4. The van der Waals surface area contributed by atoms with Crippen LogP contribution in [0, 0.1) is 19.8 Å². The van der Waals surface area contributed by atoms with Gasteiger partial charge in [0.2, 0.25) is 0 Å². The maximum Gasteiger partial charge on any atom is 0.197 e. The lowest BCUT2D eigenvalue weighted by molar-refractivity contribution is -0.428. The summed E-state index contributed by atoms with van der Waals surface area (Å²) in [7, 11) is -3.55. The van der Waals surface area contributed by atoms with E-state index in [0.29, 0.717) is 36.3 Å². The zero-order valence-corrected chi connectivity index (χ0v) is 16.8. The number of Topliss-reactive ketones (excluding diaryl/α,β-unsaturated/α-hetero) is 2. The fourth-order valence-corrected chi connectivity index (χ4v) is 6.65. The number of ether oxygens (including phenoxy) is 2. The summed E-state index contributed by atoms with van der Waals surface area (Å²) in [4.78, 5) is 25.6. The molecule has 1 aromatic carbocycles. The van der Waals surface area contributed by atoms with E-state index < -0.39 is 33.4 Å². The number of benzene rings is 1. The van der Waals surface area contributed by atoms with Crippen LogP contribution in [0.15, 0.2) is 11.0 Å². The second-order valence-corrected chi connectivity index (χ2v) is 9.87. The normalized spacial score (nSPS) is 28.3. The van der Waals surface area contributed by atoms with Crippen molar-refractivity contribution in [1.29, 1.82) is 0 Å². The molecule has 0 radical (unpaired) electrons. The molecular weight excluding hydrogens is 384 g/mol. The van der Waals surface area contributed by atoms with E-state index in [1.807, 2.05) is 0 Å². The molecule has 2 heterocycles. The van der Waals surface area contributed by atoms with Crippen LogP contribution in [0.3, 0.4) is 0 Å². The zero-order chi connectivity index (χ0) is 20.3. The molecule has 1 aromatic rings. The topological polar surface area (TPSA) is 110 Å². The predicted molar refractivity (Wildman–Crippen MR) is 96.6 cm³/mol. The van der Waals surface area contributed by atoms with Crippen molar-refractivity contribution in [3.63, 3.8) is 0 Å². The highest BCUT2D eigenvalue weighted by Gasteiger charge is 2.49. The highest BCUT2D eigenvalue weighted by molar-refractivity contribution is 7.91. The molecule has 152 valence electrons. The molecule has 2 atom stereocenters. The first-order chi connectivity index (χ1) is 13.2. The summed E-state index contributed by atoms with van der Waals surface area (Å²) >= 11 is 0. The van der Waals surface area contributed by atoms with E-state index in [2.05, 4.69) is 0 Å². The highest BCUT2D eigenvalue weighted by atomic mass is 32.2. The van der Waals surface area contributed by atoms with Crippen molar-refractivity contribution < 1.29 is 32.6 Å². The number of fused-ring (bicyclic) bond motifs is 2. The Hall–Kier alpha value is -1.61. The molecule has 0 bridgehead atoms. The Morgan fingerprint density at radius 3 is 2.57 bits per heavy atom. The molecule has 8 heteroatoms. The van der Waals surface area contributed by atoms with Crippen LogP contribution < -0.4 is 5.11 Å². The molecule has 2 fully saturated rings. The second-order valence-electron chi connectivity index (χ2n) is 7.83. The van der Waals surface area contributed by atoms with E-state index in [1.54, 1.807) is 13.8 Å². The number of sulfone groups is 1. The lowest BCUT2D eigenvalue weighted by Gasteiger charge is -2.37. The third-order valence-electron chi connectivity index (χ3n) is 6.05. The molecule has 28 heavy (non-hydrogen) atoms. The summed E-state index contributed by atoms with van der Waals surface area (Å²) in [6.07, 6.45) is -0.103. The van der Waals surface area contributed by atoms with E-state index in [1.165, 1.54) is 6.07 Å². The van der Waals surface area contributed by atoms with Gasteiger partial charge in [0.15, 0.2) is 21.4 Å². The van der Waals surface area contributed by atoms with Gasteiger partial charge in [-0.15, -0.1) is 6.10 Å². The molecule has 1 saturated carbocycles. The third-order valence-corrected chi connectivity index (χ3v) is 7.94. The van der Waals surface area contributed by atoms with E-state index in [-0.39, 0.29) is 41.3 Å². The van der Waals surface area contributed by atoms with Crippen LogP contribution in [0.2, 0.25) is 0 Å². The van der Waals surface area contributed by atoms with Crippen LogP contribution in [0.4, 0.5) is 0 Å². The van der Waals surface area contributed by atoms with Crippen molar-refractivity contribution in [3.8, 4) is 0 Å². The maximum absolute atomic E-state index is 13.2. The van der Waals surface area contributed by atoms with Crippen LogP contribution in [0.1, 0.15) is 52.7 Å². The molecule has 2 aliphatic heterocycles. The van der Waals surface area contributed by atoms with Crippen molar-refractivity contribution >= 4 is 21.4 Å². The van der Waals surface area contributed by atoms with Crippen LogP contribution in [0.25, 0.3) is 0 Å². The minimum atomic E-state index is -3.55. The van der Waals surface area contributed by atoms with Crippen LogP contribution >= 0.6 is 0 Å². The molecule has 0 amide bonds. The minimum absolute atomic E-state index is 0.0999. The molecule has 0 aromatic heterocycles. The second kappa shape index (κ2) is 6.73. The summed E-state index contributed by atoms with van der Waals surface area (Å²) in [6, 6.07) is 1.50. The number of ketones is 2. The van der Waals surface area contributed by atoms with E-state index in [9.17, 15) is 23.1 Å². The Balaban J connectivity index is 1.91. The number of hydrogen-bond acceptors (Lipinski definition) is 7. The molecule has 4 rings (SSSR count). The van der Waals surface area contributed by atoms with E-state index in [0.717, 1.165) is 0 Å². The third kappa shape index (κ3) is 2.85. The van der Waals surface area contributed by atoms with Crippen LogP contribution in [-0.4, -0.2) is 45.1 Å². The van der Waals surface area contributed by atoms with E-state index >= 15 is 0 Å². The first kappa shape index (κ1) is 19.7. The van der Waals surface area contributed by atoms with Gasteiger partial charge in [0.1, 0.15) is 5.78 Å². The van der Waals surface area contributed by atoms with E-state index in [4.69, 9.17) is 9.47 Å². The van der Waals surface area contributed by atoms with Crippen molar-refractivity contribution in [2.75, 3.05) is 19.0 Å². The summed E-state index contributed by atoms with van der Waals surface area (Å²) in [6.45, 7) is 3.93. The maximum atomic E-state index is 13.2. The fraction of sp³-hybridized carbons (Fsp3) is 0.600. The largest absolute Gasteiger partial charge is 0.851 e. The summed E-state index contributed by atoms with van der Waals surface area (Å²) in [5.74, 6) is -3.37. The Morgan fingerprint density at radius 2 is 1.93 bits per heavy atom. The fourth-order valence-electron chi connectivity index (χ4n) is 4.74.